The Balaban J connectivity index is 1.19. The predicted octanol–water partition coefficient (Wildman–Crippen LogP) is 11.4. The first-order valence-electron chi connectivity index (χ1n) is 17.1. The van der Waals surface area contributed by atoms with Gasteiger partial charge in [-0.2, -0.15) is 5.26 Å². The van der Waals surface area contributed by atoms with Crippen LogP contribution >= 0.6 is 0 Å². The first kappa shape index (κ1) is 30.7. The summed E-state index contributed by atoms with van der Waals surface area (Å²) >= 11 is 0. The summed E-state index contributed by atoms with van der Waals surface area (Å²) in [5, 5.41) is 11.6. The van der Waals surface area contributed by atoms with Crippen LogP contribution in [0, 0.1) is 11.3 Å². The van der Waals surface area contributed by atoms with Gasteiger partial charge in [0.25, 0.3) is 0 Å². The third kappa shape index (κ3) is 5.75. The molecule has 0 N–H and O–H groups in total. The molecule has 0 amide bonds. The van der Waals surface area contributed by atoms with E-state index in [4.69, 9.17) is 19.9 Å². The molecular formula is C47H29N5. The van der Waals surface area contributed by atoms with Crippen LogP contribution in [0.2, 0.25) is 0 Å². The van der Waals surface area contributed by atoms with Crippen LogP contribution < -0.4 is 0 Å². The molecule has 0 unspecified atom stereocenters. The molecular weight excluding hydrogens is 635 g/mol. The summed E-state index contributed by atoms with van der Waals surface area (Å²) in [5.74, 6) is 0.668. The Kier molecular flexibility index (Phi) is 7.81. The van der Waals surface area contributed by atoms with E-state index in [1.807, 2.05) is 84.9 Å². The zero-order valence-corrected chi connectivity index (χ0v) is 28.0. The van der Waals surface area contributed by atoms with Crippen LogP contribution in [0.25, 0.3) is 89.4 Å². The third-order valence-corrected chi connectivity index (χ3v) is 9.33. The molecule has 9 rings (SSSR count). The van der Waals surface area contributed by atoms with E-state index in [0.717, 1.165) is 83.5 Å². The van der Waals surface area contributed by atoms with Crippen LogP contribution in [0.1, 0.15) is 5.56 Å². The molecule has 2 heterocycles. The second-order valence-electron chi connectivity index (χ2n) is 12.6. The summed E-state index contributed by atoms with van der Waals surface area (Å²) in [6.45, 7) is 0. The normalized spacial score (nSPS) is 11.1. The summed E-state index contributed by atoms with van der Waals surface area (Å²) < 4.78 is 0. The lowest BCUT2D eigenvalue weighted by molar-refractivity contribution is 1.18. The molecule has 0 bridgehead atoms. The van der Waals surface area contributed by atoms with Crippen molar-refractivity contribution < 1.29 is 0 Å². The topological polar surface area (TPSA) is 75.3 Å². The number of nitrogens with zero attached hydrogens (tertiary/aromatic N) is 5. The zero-order valence-electron chi connectivity index (χ0n) is 28.0. The van der Waals surface area contributed by atoms with Gasteiger partial charge < -0.3 is 0 Å². The van der Waals surface area contributed by atoms with Gasteiger partial charge in [0.05, 0.1) is 45.4 Å². The fourth-order valence-corrected chi connectivity index (χ4v) is 6.76. The first-order valence-corrected chi connectivity index (χ1v) is 17.1. The summed E-state index contributed by atoms with van der Waals surface area (Å²) in [5.41, 5.74) is 12.6. The van der Waals surface area contributed by atoms with Crippen molar-refractivity contribution in [2.45, 2.75) is 0 Å². The predicted molar refractivity (Wildman–Crippen MR) is 210 cm³/mol. The minimum absolute atomic E-state index is 0.601. The molecule has 242 valence electrons. The Labute approximate surface area is 301 Å². The van der Waals surface area contributed by atoms with Crippen LogP contribution in [0.5, 0.6) is 0 Å². The van der Waals surface area contributed by atoms with E-state index < -0.39 is 0 Å². The number of nitriles is 1. The standard InChI is InChI=1S/C47H29N5/c48-30-31-22-24-34(25-23-31)45-46(50-42-21-10-9-20-41(42)49-45)40-27-26-37(38-18-7-8-19-39(38)40)35-16-11-17-36(28-35)47-51-43(32-12-3-1-4-13-32)29-44(52-47)33-14-5-2-6-15-33/h1-29H. The van der Waals surface area contributed by atoms with Gasteiger partial charge in [-0.25, -0.2) is 19.9 Å². The zero-order chi connectivity index (χ0) is 34.9. The van der Waals surface area contributed by atoms with E-state index in [9.17, 15) is 5.26 Å². The van der Waals surface area contributed by atoms with Gasteiger partial charge in [0.2, 0.25) is 0 Å². The van der Waals surface area contributed by atoms with Crippen molar-refractivity contribution in [3.05, 3.63) is 181 Å². The van der Waals surface area contributed by atoms with E-state index in [1.54, 1.807) is 0 Å². The van der Waals surface area contributed by atoms with Crippen LogP contribution in [-0.4, -0.2) is 19.9 Å². The lowest BCUT2D eigenvalue weighted by Gasteiger charge is -2.15. The highest BCUT2D eigenvalue weighted by Crippen LogP contribution is 2.40. The maximum Gasteiger partial charge on any atom is 0.160 e. The SMILES string of the molecule is N#Cc1ccc(-c2nc3ccccc3nc2-c2ccc(-c3cccc(-c4nc(-c5ccccc5)cc(-c5ccccc5)n4)c3)c3ccccc23)cc1. The molecule has 5 nitrogen and oxygen atoms in total. The minimum Gasteiger partial charge on any atom is -0.244 e. The van der Waals surface area contributed by atoms with Gasteiger partial charge in [0.15, 0.2) is 5.82 Å². The molecule has 0 saturated carbocycles. The maximum absolute atomic E-state index is 9.43. The van der Waals surface area contributed by atoms with E-state index in [0.29, 0.717) is 11.4 Å². The number of rotatable bonds is 6. The molecule has 0 atom stereocenters. The highest BCUT2D eigenvalue weighted by molar-refractivity contribution is 6.06. The van der Waals surface area contributed by atoms with Gasteiger partial charge in [-0.05, 0) is 58.3 Å². The Hall–Kier alpha value is -7.29. The number of benzene rings is 7. The van der Waals surface area contributed by atoms with Gasteiger partial charge in [-0.1, -0.05) is 140 Å². The van der Waals surface area contributed by atoms with Gasteiger partial charge in [0, 0.05) is 27.8 Å². The fraction of sp³-hybridized carbons (Fsp3) is 0. The molecule has 0 radical (unpaired) electrons. The van der Waals surface area contributed by atoms with Crippen molar-refractivity contribution in [3.8, 4) is 73.6 Å². The van der Waals surface area contributed by atoms with E-state index >= 15 is 0 Å². The van der Waals surface area contributed by atoms with Crippen molar-refractivity contribution in [2.24, 2.45) is 0 Å². The molecule has 9 aromatic rings. The molecule has 0 aliphatic rings. The number of hydrogen-bond donors (Lipinski definition) is 0. The van der Waals surface area contributed by atoms with Crippen molar-refractivity contribution >= 4 is 21.8 Å². The van der Waals surface area contributed by atoms with Gasteiger partial charge in [0.1, 0.15) is 0 Å². The second-order valence-corrected chi connectivity index (χ2v) is 12.6. The second kappa shape index (κ2) is 13.2. The molecule has 0 aliphatic heterocycles. The number of hydrogen-bond acceptors (Lipinski definition) is 5. The number of fused-ring (bicyclic) bond motifs is 2. The van der Waals surface area contributed by atoms with E-state index in [2.05, 4.69) is 97.1 Å². The lowest BCUT2D eigenvalue weighted by atomic mass is 9.91. The lowest BCUT2D eigenvalue weighted by Crippen LogP contribution is -1.97. The number of aromatic nitrogens is 4. The monoisotopic (exact) mass is 663 g/mol. The molecule has 7 aromatic carbocycles. The minimum atomic E-state index is 0.601. The quantitative estimate of drug-likeness (QED) is 0.177. The summed E-state index contributed by atoms with van der Waals surface area (Å²) in [4.78, 5) is 20.5. The van der Waals surface area contributed by atoms with Crippen LogP contribution in [-0.2, 0) is 0 Å². The fourth-order valence-electron chi connectivity index (χ4n) is 6.76. The Morgan fingerprint density at radius 3 is 1.52 bits per heavy atom. The van der Waals surface area contributed by atoms with Gasteiger partial charge in [-0.3, -0.25) is 0 Å². The Bertz CT molecular complexity index is 2730. The van der Waals surface area contributed by atoms with E-state index in [1.165, 1.54) is 0 Å². The smallest absolute Gasteiger partial charge is 0.160 e. The molecule has 0 fully saturated rings. The highest BCUT2D eigenvalue weighted by Gasteiger charge is 2.18. The summed E-state index contributed by atoms with van der Waals surface area (Å²) in [7, 11) is 0. The molecule has 0 saturated heterocycles. The average Bonchev–Trinajstić information content (AvgIpc) is 3.23. The molecule has 5 heteroatoms. The van der Waals surface area contributed by atoms with Gasteiger partial charge in [-0.15, -0.1) is 0 Å². The number of para-hydroxylation sites is 2. The van der Waals surface area contributed by atoms with Crippen molar-refractivity contribution in [2.75, 3.05) is 0 Å². The summed E-state index contributed by atoms with van der Waals surface area (Å²) in [6.07, 6.45) is 0. The summed E-state index contributed by atoms with van der Waals surface area (Å²) in [6, 6.07) is 61.5. The van der Waals surface area contributed by atoms with Crippen molar-refractivity contribution in [1.29, 1.82) is 5.26 Å². The van der Waals surface area contributed by atoms with Crippen molar-refractivity contribution in [3.63, 3.8) is 0 Å². The molecule has 0 spiro atoms. The van der Waals surface area contributed by atoms with Gasteiger partial charge >= 0.3 is 0 Å². The highest BCUT2D eigenvalue weighted by atomic mass is 14.9. The largest absolute Gasteiger partial charge is 0.244 e. The third-order valence-electron chi connectivity index (χ3n) is 9.33. The van der Waals surface area contributed by atoms with E-state index in [-0.39, 0.29) is 0 Å². The van der Waals surface area contributed by atoms with Crippen LogP contribution in [0.4, 0.5) is 0 Å². The maximum atomic E-state index is 9.43. The van der Waals surface area contributed by atoms with Crippen molar-refractivity contribution in [1.82, 2.24) is 19.9 Å². The molecule has 52 heavy (non-hydrogen) atoms. The van der Waals surface area contributed by atoms with Crippen LogP contribution in [0.15, 0.2) is 176 Å². The van der Waals surface area contributed by atoms with Crippen LogP contribution in [0.3, 0.4) is 0 Å². The average molecular weight is 664 g/mol. The molecule has 2 aromatic heterocycles. The Morgan fingerprint density at radius 2 is 0.885 bits per heavy atom. The Morgan fingerprint density at radius 1 is 0.365 bits per heavy atom. The molecule has 0 aliphatic carbocycles. The first-order chi connectivity index (χ1) is 25.7.